The number of hydrogen-bond acceptors (Lipinski definition) is 9. The zero-order chi connectivity index (χ0) is 33.4. The number of para-hydroxylation sites is 2. The molecular weight excluding hydrogens is 695 g/mol. The SMILES string of the molecule is N#CC(c1nc2ccccc2s1)c1cc2c(cc1Cl)C1(OC(=O)c3ccccc31)c1cc(Cl)c(C(C#N)c3nc4ccccc4s3)cc1O2. The molecule has 0 saturated heterocycles. The van der Waals surface area contributed by atoms with E-state index in [0.717, 1.165) is 20.4 Å². The standard InChI is InChI=1S/C38H18Cl2N4O3S2/c39-27-15-25-31(13-20(27)22(17-41)35-43-29-9-3-5-11-33(29)48-35)46-32-14-21(23(18-42)36-44-30-10-4-6-12-34(30)49-36)28(40)16-26(32)38(25)24-8-2-1-7-19(24)37(45)47-38/h1-16,22-23H. The van der Waals surface area contributed by atoms with Crippen molar-refractivity contribution in [3.05, 3.63) is 151 Å². The van der Waals surface area contributed by atoms with Crippen molar-refractivity contribution in [2.75, 3.05) is 0 Å². The molecule has 0 amide bonds. The number of carbonyl (C=O) groups is 1. The van der Waals surface area contributed by atoms with Gasteiger partial charge in [-0.3, -0.25) is 0 Å². The summed E-state index contributed by atoms with van der Waals surface area (Å²) in [4.78, 5) is 22.9. The molecule has 5 aromatic carbocycles. The molecule has 7 nitrogen and oxygen atoms in total. The number of esters is 1. The van der Waals surface area contributed by atoms with Gasteiger partial charge >= 0.3 is 5.97 Å². The summed E-state index contributed by atoms with van der Waals surface area (Å²) >= 11 is 16.9. The summed E-state index contributed by atoms with van der Waals surface area (Å²) in [5.74, 6) is -1.41. The number of halogens is 2. The highest BCUT2D eigenvalue weighted by molar-refractivity contribution is 7.19. The van der Waals surface area contributed by atoms with Gasteiger partial charge in [-0.2, -0.15) is 10.5 Å². The van der Waals surface area contributed by atoms with Crippen LogP contribution >= 0.6 is 45.9 Å². The fraction of sp³-hybridized carbons (Fsp3) is 0.0789. The molecular formula is C38H18Cl2N4O3S2. The first-order valence-electron chi connectivity index (χ1n) is 15.1. The maximum Gasteiger partial charge on any atom is 0.340 e. The molecule has 2 atom stereocenters. The Morgan fingerprint density at radius 3 is 1.67 bits per heavy atom. The molecule has 0 radical (unpaired) electrons. The third kappa shape index (κ3) is 4.41. The van der Waals surface area contributed by atoms with Crippen molar-refractivity contribution in [1.29, 1.82) is 10.5 Å². The van der Waals surface area contributed by atoms with E-state index in [0.29, 0.717) is 64.9 Å². The average molecular weight is 714 g/mol. The second-order valence-corrected chi connectivity index (χ2v) is 14.6. The van der Waals surface area contributed by atoms with Crippen molar-refractivity contribution in [3.8, 4) is 23.6 Å². The Labute approximate surface area is 297 Å². The Hall–Kier alpha value is -5.29. The third-order valence-electron chi connectivity index (χ3n) is 8.94. The molecule has 2 aliphatic heterocycles. The highest BCUT2D eigenvalue weighted by Gasteiger charge is 2.54. The van der Waals surface area contributed by atoms with E-state index in [1.807, 2.05) is 60.7 Å². The van der Waals surface area contributed by atoms with Gasteiger partial charge in [-0.1, -0.05) is 65.7 Å². The van der Waals surface area contributed by atoms with Crippen molar-refractivity contribution in [2.45, 2.75) is 17.4 Å². The van der Waals surface area contributed by atoms with Crippen LogP contribution in [0.15, 0.2) is 97.1 Å². The van der Waals surface area contributed by atoms with Crippen LogP contribution in [0.1, 0.15) is 60.0 Å². The van der Waals surface area contributed by atoms with Crippen LogP contribution in [0.25, 0.3) is 20.4 Å². The lowest BCUT2D eigenvalue weighted by Crippen LogP contribution is -2.33. The van der Waals surface area contributed by atoms with Crippen molar-refractivity contribution < 1.29 is 14.3 Å². The van der Waals surface area contributed by atoms with Crippen molar-refractivity contribution >= 4 is 72.3 Å². The van der Waals surface area contributed by atoms with Gasteiger partial charge < -0.3 is 9.47 Å². The van der Waals surface area contributed by atoms with Gasteiger partial charge in [-0.25, -0.2) is 14.8 Å². The molecule has 0 aliphatic carbocycles. The highest BCUT2D eigenvalue weighted by atomic mass is 35.5. The zero-order valence-corrected chi connectivity index (χ0v) is 28.1. The Kier molecular flexibility index (Phi) is 6.77. The minimum Gasteiger partial charge on any atom is -0.456 e. The number of thiazole rings is 2. The van der Waals surface area contributed by atoms with Crippen LogP contribution < -0.4 is 4.74 Å². The maximum absolute atomic E-state index is 13.5. The molecule has 0 saturated carbocycles. The summed E-state index contributed by atoms with van der Waals surface area (Å²) in [6, 6.07) is 34.1. The predicted octanol–water partition coefficient (Wildman–Crippen LogP) is 10.1. The predicted molar refractivity (Wildman–Crippen MR) is 189 cm³/mol. The molecule has 1 spiro atoms. The lowest BCUT2D eigenvalue weighted by Gasteiger charge is -2.37. The van der Waals surface area contributed by atoms with Gasteiger partial charge in [-0.05, 0) is 65.7 Å². The van der Waals surface area contributed by atoms with Crippen LogP contribution in [0.4, 0.5) is 0 Å². The van der Waals surface area contributed by atoms with Crippen LogP contribution in [0.5, 0.6) is 11.5 Å². The summed E-state index contributed by atoms with van der Waals surface area (Å²) in [6.45, 7) is 0. The number of nitrogens with zero attached hydrogens (tertiary/aromatic N) is 4. The lowest BCUT2D eigenvalue weighted by molar-refractivity contribution is 0.0224. The number of nitriles is 2. The summed E-state index contributed by atoms with van der Waals surface area (Å²) in [5, 5.41) is 22.6. The Bertz CT molecular complexity index is 2420. The van der Waals surface area contributed by atoms with Crippen LogP contribution in [0, 0.1) is 22.7 Å². The number of aromatic nitrogens is 2. The van der Waals surface area contributed by atoms with Gasteiger partial charge in [0.05, 0.1) is 38.1 Å². The van der Waals surface area contributed by atoms with Crippen LogP contribution in [-0.4, -0.2) is 15.9 Å². The van der Waals surface area contributed by atoms with Crippen molar-refractivity contribution in [3.63, 3.8) is 0 Å². The Morgan fingerprint density at radius 1 is 0.673 bits per heavy atom. The quantitative estimate of drug-likeness (QED) is 0.167. The van der Waals surface area contributed by atoms with Crippen LogP contribution in [0.2, 0.25) is 10.0 Å². The minimum absolute atomic E-state index is 0.291. The molecule has 0 N–H and O–H groups in total. The number of benzene rings is 5. The van der Waals surface area contributed by atoms with Gasteiger partial charge in [-0.15, -0.1) is 22.7 Å². The number of hydrogen-bond donors (Lipinski definition) is 0. The molecule has 0 fully saturated rings. The normalized spacial score (nSPS) is 17.0. The second kappa shape index (κ2) is 11.1. The van der Waals surface area contributed by atoms with E-state index in [4.69, 9.17) is 42.6 Å². The van der Waals surface area contributed by atoms with Gasteiger partial charge in [0.1, 0.15) is 33.4 Å². The fourth-order valence-corrected chi connectivity index (χ4v) is 9.33. The van der Waals surface area contributed by atoms with E-state index in [-0.39, 0.29) is 0 Å². The summed E-state index contributed by atoms with van der Waals surface area (Å²) < 4.78 is 14.9. The van der Waals surface area contributed by atoms with E-state index in [1.54, 1.807) is 36.4 Å². The van der Waals surface area contributed by atoms with E-state index >= 15 is 0 Å². The van der Waals surface area contributed by atoms with Crippen LogP contribution in [0.3, 0.4) is 0 Å². The van der Waals surface area contributed by atoms with Gasteiger partial charge in [0.15, 0.2) is 5.60 Å². The molecule has 2 aromatic heterocycles. The van der Waals surface area contributed by atoms with Crippen molar-refractivity contribution in [2.24, 2.45) is 0 Å². The van der Waals surface area contributed by atoms with E-state index in [2.05, 4.69) is 12.1 Å². The molecule has 4 heterocycles. The van der Waals surface area contributed by atoms with Crippen molar-refractivity contribution in [1.82, 2.24) is 9.97 Å². The molecule has 9 rings (SSSR count). The second-order valence-electron chi connectivity index (χ2n) is 11.6. The van der Waals surface area contributed by atoms with Crippen LogP contribution in [-0.2, 0) is 10.3 Å². The molecule has 2 unspecified atom stereocenters. The van der Waals surface area contributed by atoms with Gasteiger partial charge in [0.25, 0.3) is 0 Å². The number of ether oxygens (including phenoxy) is 2. The number of rotatable bonds is 4. The average Bonchev–Trinajstić information content (AvgIpc) is 3.82. The van der Waals surface area contributed by atoms with E-state index in [1.165, 1.54) is 22.7 Å². The highest BCUT2D eigenvalue weighted by Crippen LogP contribution is 2.58. The molecule has 11 heteroatoms. The molecule has 0 bridgehead atoms. The molecule has 49 heavy (non-hydrogen) atoms. The molecule has 7 aromatic rings. The Balaban J connectivity index is 1.25. The number of carbonyl (C=O) groups excluding carboxylic acids is 1. The maximum atomic E-state index is 13.5. The Morgan fingerprint density at radius 2 is 1.16 bits per heavy atom. The summed E-state index contributed by atoms with van der Waals surface area (Å²) in [6.07, 6.45) is 0. The van der Waals surface area contributed by atoms with Gasteiger partial charge in [0.2, 0.25) is 0 Å². The third-order valence-corrected chi connectivity index (χ3v) is 11.8. The summed E-state index contributed by atoms with van der Waals surface area (Å²) in [5.41, 5.74) is 3.09. The first kappa shape index (κ1) is 29.8. The fourth-order valence-electron chi connectivity index (χ4n) is 6.72. The first-order chi connectivity index (χ1) is 23.9. The zero-order valence-electron chi connectivity index (χ0n) is 25.0. The molecule has 2 aliphatic rings. The first-order valence-corrected chi connectivity index (χ1v) is 17.5. The number of fused-ring (bicyclic) bond motifs is 8. The van der Waals surface area contributed by atoms with E-state index < -0.39 is 23.4 Å². The minimum atomic E-state index is -1.46. The molecule has 234 valence electrons. The lowest BCUT2D eigenvalue weighted by atomic mass is 9.76. The monoisotopic (exact) mass is 712 g/mol. The smallest absolute Gasteiger partial charge is 0.340 e. The summed E-state index contributed by atoms with van der Waals surface area (Å²) in [7, 11) is 0. The van der Waals surface area contributed by atoms with E-state index in [9.17, 15) is 15.3 Å². The van der Waals surface area contributed by atoms with Gasteiger partial charge in [0, 0.05) is 26.7 Å². The topological polar surface area (TPSA) is 109 Å². The largest absolute Gasteiger partial charge is 0.456 e.